The average molecular weight is 260 g/mol. The number of hydrogen-bond acceptors (Lipinski definition) is 2. The molecule has 2 nitrogen and oxygen atoms in total. The van der Waals surface area contributed by atoms with Gasteiger partial charge in [-0.05, 0) is 6.92 Å². The Morgan fingerprint density at radius 1 is 0.889 bits per heavy atom. The average Bonchev–Trinajstić information content (AvgIpc) is 2.47. The van der Waals surface area contributed by atoms with Gasteiger partial charge in [-0.2, -0.15) is 0 Å². The molecule has 1 atom stereocenters. The van der Waals surface area contributed by atoms with E-state index in [1.807, 2.05) is 67.6 Å². The molecule has 0 fully saturated rings. The minimum Gasteiger partial charge on any atom is -0.373 e. The molecule has 0 aliphatic rings. The summed E-state index contributed by atoms with van der Waals surface area (Å²) < 4.78 is 18.8. The fraction of sp³-hybridized carbons (Fsp3) is 0.200. The maximum absolute atomic E-state index is 13.4. The van der Waals surface area contributed by atoms with Crippen LogP contribution in [0.2, 0.25) is 0 Å². The first-order valence-electron chi connectivity index (χ1n) is 5.93. The number of methoxy groups -OCH3 is 1. The second kappa shape index (κ2) is 5.51. The zero-order chi connectivity index (χ0) is 13.0. The summed E-state index contributed by atoms with van der Waals surface area (Å²) in [7, 11) is -1.14. The van der Waals surface area contributed by atoms with Crippen molar-refractivity contribution >= 4 is 17.8 Å². The molecular weight excluding hydrogens is 243 g/mol. The summed E-state index contributed by atoms with van der Waals surface area (Å²) in [4.78, 5) is 0. The molecule has 0 unspecified atom stereocenters. The van der Waals surface area contributed by atoms with Crippen molar-refractivity contribution in [3.05, 3.63) is 60.7 Å². The molecule has 0 aliphatic heterocycles. The Labute approximate surface area is 108 Å². The van der Waals surface area contributed by atoms with Crippen LogP contribution in [0.4, 0.5) is 0 Å². The largest absolute Gasteiger partial charge is 0.373 e. The van der Waals surface area contributed by atoms with Crippen LogP contribution in [0.3, 0.4) is 0 Å². The third kappa shape index (κ3) is 2.27. The van der Waals surface area contributed by atoms with Gasteiger partial charge in [-0.25, -0.2) is 0 Å². The third-order valence-corrected chi connectivity index (χ3v) is 6.50. The monoisotopic (exact) mass is 260 g/mol. The van der Waals surface area contributed by atoms with Crippen LogP contribution < -0.4 is 10.6 Å². The van der Waals surface area contributed by atoms with Crippen LogP contribution in [0.1, 0.15) is 6.92 Å². The molecular formula is C15H17O2P. The first-order valence-corrected chi connectivity index (χ1v) is 7.71. The molecule has 94 valence electrons. The topological polar surface area (TPSA) is 26.3 Å². The zero-order valence-corrected chi connectivity index (χ0v) is 11.5. The van der Waals surface area contributed by atoms with Crippen molar-refractivity contribution in [2.45, 2.75) is 12.8 Å². The third-order valence-electron chi connectivity index (χ3n) is 3.13. The number of benzene rings is 2. The fourth-order valence-corrected chi connectivity index (χ4v) is 4.68. The van der Waals surface area contributed by atoms with Crippen LogP contribution in [0.15, 0.2) is 60.7 Å². The minimum absolute atomic E-state index is 0.331. The van der Waals surface area contributed by atoms with E-state index < -0.39 is 7.14 Å². The van der Waals surface area contributed by atoms with Gasteiger partial charge in [0.1, 0.15) is 5.85 Å². The van der Waals surface area contributed by atoms with Gasteiger partial charge >= 0.3 is 0 Å². The smallest absolute Gasteiger partial charge is 0.170 e. The summed E-state index contributed by atoms with van der Waals surface area (Å²) in [5, 5.41) is 1.68. The Balaban J connectivity index is 2.59. The first kappa shape index (κ1) is 13.1. The van der Waals surface area contributed by atoms with Gasteiger partial charge in [0.05, 0.1) is 0 Å². The maximum atomic E-state index is 13.4. The minimum atomic E-state index is -2.74. The molecule has 0 bridgehead atoms. The molecule has 2 aromatic rings. The van der Waals surface area contributed by atoms with E-state index in [0.29, 0.717) is 0 Å². The van der Waals surface area contributed by atoms with Crippen molar-refractivity contribution in [1.29, 1.82) is 0 Å². The van der Waals surface area contributed by atoms with Gasteiger partial charge in [0.2, 0.25) is 0 Å². The van der Waals surface area contributed by atoms with Gasteiger partial charge in [0.15, 0.2) is 7.14 Å². The van der Waals surface area contributed by atoms with Gasteiger partial charge in [0.25, 0.3) is 0 Å². The van der Waals surface area contributed by atoms with Crippen LogP contribution in [0, 0.1) is 0 Å². The fourth-order valence-electron chi connectivity index (χ4n) is 2.02. The SMILES string of the molecule is CO[C@@H](C)P(=O)(c1ccccc1)c1ccccc1. The van der Waals surface area contributed by atoms with E-state index >= 15 is 0 Å². The van der Waals surface area contributed by atoms with Crippen molar-refractivity contribution < 1.29 is 9.30 Å². The summed E-state index contributed by atoms with van der Waals surface area (Å²) in [5.41, 5.74) is 0. The Morgan fingerprint density at radius 3 is 1.61 bits per heavy atom. The molecule has 0 spiro atoms. The second-order valence-electron chi connectivity index (χ2n) is 4.16. The lowest BCUT2D eigenvalue weighted by Crippen LogP contribution is -2.25. The van der Waals surface area contributed by atoms with E-state index in [0.717, 1.165) is 10.6 Å². The van der Waals surface area contributed by atoms with Gasteiger partial charge in [-0.3, -0.25) is 0 Å². The van der Waals surface area contributed by atoms with Crippen LogP contribution in [0.5, 0.6) is 0 Å². The van der Waals surface area contributed by atoms with E-state index in [9.17, 15) is 4.57 Å². The van der Waals surface area contributed by atoms with E-state index in [1.54, 1.807) is 7.11 Å². The summed E-state index contributed by atoms with van der Waals surface area (Å²) >= 11 is 0. The Kier molecular flexibility index (Phi) is 4.00. The Bertz CT molecular complexity index is 493. The molecule has 0 amide bonds. The lowest BCUT2D eigenvalue weighted by atomic mass is 10.4. The number of ether oxygens (including phenoxy) is 1. The lowest BCUT2D eigenvalue weighted by molar-refractivity contribution is 0.179. The van der Waals surface area contributed by atoms with Crippen molar-refractivity contribution in [2.24, 2.45) is 0 Å². The highest BCUT2D eigenvalue weighted by molar-refractivity contribution is 7.79. The summed E-state index contributed by atoms with van der Waals surface area (Å²) in [6.45, 7) is 1.86. The summed E-state index contributed by atoms with van der Waals surface area (Å²) in [6, 6.07) is 19.1. The molecule has 0 aliphatic carbocycles. The Hall–Kier alpha value is -1.37. The molecule has 0 heterocycles. The predicted molar refractivity (Wildman–Crippen MR) is 76.2 cm³/mol. The molecule has 0 saturated heterocycles. The van der Waals surface area contributed by atoms with Crippen molar-refractivity contribution in [3.63, 3.8) is 0 Å². The van der Waals surface area contributed by atoms with Crippen molar-refractivity contribution in [2.75, 3.05) is 7.11 Å². The summed E-state index contributed by atoms with van der Waals surface area (Å²) in [6.07, 6.45) is 0. The normalized spacial score (nSPS) is 13.2. The molecule has 3 heteroatoms. The highest BCUT2D eigenvalue weighted by Crippen LogP contribution is 2.48. The van der Waals surface area contributed by atoms with E-state index in [1.165, 1.54) is 0 Å². The van der Waals surface area contributed by atoms with Gasteiger partial charge < -0.3 is 9.30 Å². The highest BCUT2D eigenvalue weighted by atomic mass is 31.2. The number of rotatable bonds is 4. The van der Waals surface area contributed by atoms with Crippen LogP contribution in [-0.4, -0.2) is 13.0 Å². The van der Waals surface area contributed by atoms with Crippen LogP contribution in [0.25, 0.3) is 0 Å². The van der Waals surface area contributed by atoms with Crippen LogP contribution in [-0.2, 0) is 9.30 Å². The quantitative estimate of drug-likeness (QED) is 0.790. The van der Waals surface area contributed by atoms with Gasteiger partial charge in [0, 0.05) is 17.7 Å². The highest BCUT2D eigenvalue weighted by Gasteiger charge is 2.33. The zero-order valence-electron chi connectivity index (χ0n) is 10.6. The number of hydrogen-bond donors (Lipinski definition) is 0. The maximum Gasteiger partial charge on any atom is 0.170 e. The molecule has 2 rings (SSSR count). The first-order chi connectivity index (χ1) is 8.69. The summed E-state index contributed by atoms with van der Waals surface area (Å²) in [5.74, 6) is -0.331. The molecule has 0 aromatic heterocycles. The van der Waals surface area contributed by atoms with Gasteiger partial charge in [-0.1, -0.05) is 60.7 Å². The molecule has 2 aromatic carbocycles. The molecule has 0 radical (unpaired) electrons. The van der Waals surface area contributed by atoms with Crippen LogP contribution >= 0.6 is 7.14 Å². The van der Waals surface area contributed by atoms with Crippen molar-refractivity contribution in [3.8, 4) is 0 Å². The van der Waals surface area contributed by atoms with Crippen molar-refractivity contribution in [1.82, 2.24) is 0 Å². The molecule has 0 N–H and O–H groups in total. The second-order valence-corrected chi connectivity index (χ2v) is 7.24. The van der Waals surface area contributed by atoms with E-state index in [-0.39, 0.29) is 5.85 Å². The van der Waals surface area contributed by atoms with E-state index in [4.69, 9.17) is 4.74 Å². The Morgan fingerprint density at radius 2 is 1.28 bits per heavy atom. The van der Waals surface area contributed by atoms with E-state index in [2.05, 4.69) is 0 Å². The van der Waals surface area contributed by atoms with Gasteiger partial charge in [-0.15, -0.1) is 0 Å². The predicted octanol–water partition coefficient (Wildman–Crippen LogP) is 2.99. The lowest BCUT2D eigenvalue weighted by Gasteiger charge is -2.24. The standard InChI is InChI=1S/C15H17O2P/c1-13(17-2)18(16,14-9-5-3-6-10-14)15-11-7-4-8-12-15/h3-13H,1-2H3/t13-/m1/s1. The molecule has 0 saturated carbocycles. The molecule has 18 heavy (non-hydrogen) atoms.